The van der Waals surface area contributed by atoms with Crippen LogP contribution in [0.4, 0.5) is 0 Å². The van der Waals surface area contributed by atoms with Crippen molar-refractivity contribution in [2.75, 3.05) is 0 Å². The van der Waals surface area contributed by atoms with Gasteiger partial charge >= 0.3 is 0 Å². The van der Waals surface area contributed by atoms with Crippen LogP contribution in [-0.2, 0) is 0 Å². The molecule has 2 nitrogen and oxygen atoms in total. The fourth-order valence-corrected chi connectivity index (χ4v) is 3.50. The lowest BCUT2D eigenvalue weighted by atomic mass is 9.67. The largest absolute Gasteiger partial charge is 0.271 e. The number of hydrazine groups is 1. The molecule has 2 heteroatoms. The van der Waals surface area contributed by atoms with Crippen LogP contribution in [0.1, 0.15) is 60.3 Å². The van der Waals surface area contributed by atoms with Gasteiger partial charge in [0.1, 0.15) is 0 Å². The maximum absolute atomic E-state index is 5.81. The fraction of sp³-hybridized carbons (Fsp3) is 1.00. The second-order valence-electron chi connectivity index (χ2n) is 6.66. The molecule has 3 N–H and O–H groups in total. The van der Waals surface area contributed by atoms with Gasteiger partial charge in [-0.25, -0.2) is 0 Å². The number of nitrogens with one attached hydrogen (secondary N) is 1. The predicted octanol–water partition coefficient (Wildman–Crippen LogP) is 3.33. The summed E-state index contributed by atoms with van der Waals surface area (Å²) in [6.45, 7) is 11.7. The van der Waals surface area contributed by atoms with Crippen LogP contribution in [0.3, 0.4) is 0 Å². The zero-order chi connectivity index (χ0) is 12.3. The Kier molecular flexibility index (Phi) is 4.81. The molecule has 0 aromatic carbocycles. The molecule has 0 amide bonds. The van der Waals surface area contributed by atoms with E-state index in [0.29, 0.717) is 11.5 Å². The first-order chi connectivity index (χ1) is 7.40. The summed E-state index contributed by atoms with van der Waals surface area (Å²) in [7, 11) is 0. The third-order valence-corrected chi connectivity index (χ3v) is 4.62. The van der Waals surface area contributed by atoms with Gasteiger partial charge in [-0.1, -0.05) is 34.6 Å². The molecule has 0 aliphatic heterocycles. The molecule has 1 saturated carbocycles. The van der Waals surface area contributed by atoms with E-state index in [1.165, 1.54) is 25.7 Å². The monoisotopic (exact) mass is 226 g/mol. The van der Waals surface area contributed by atoms with Gasteiger partial charge in [0.2, 0.25) is 0 Å². The van der Waals surface area contributed by atoms with Gasteiger partial charge < -0.3 is 0 Å². The van der Waals surface area contributed by atoms with Crippen molar-refractivity contribution in [1.29, 1.82) is 0 Å². The van der Waals surface area contributed by atoms with Crippen molar-refractivity contribution < 1.29 is 0 Å². The molecule has 0 aromatic rings. The van der Waals surface area contributed by atoms with Crippen LogP contribution in [0.25, 0.3) is 0 Å². The summed E-state index contributed by atoms with van der Waals surface area (Å²) in [6, 6.07) is 0.461. The van der Waals surface area contributed by atoms with E-state index in [1.807, 2.05) is 0 Å². The lowest BCUT2D eigenvalue weighted by Gasteiger charge is -2.43. The molecule has 0 spiro atoms. The molecule has 1 aliphatic rings. The van der Waals surface area contributed by atoms with Crippen LogP contribution in [0.2, 0.25) is 0 Å². The van der Waals surface area contributed by atoms with Crippen LogP contribution in [0.5, 0.6) is 0 Å². The molecular weight excluding hydrogens is 196 g/mol. The van der Waals surface area contributed by atoms with E-state index in [2.05, 4.69) is 40.0 Å². The lowest BCUT2D eigenvalue weighted by molar-refractivity contribution is 0.0999. The number of nitrogens with two attached hydrogens (primary N) is 1. The van der Waals surface area contributed by atoms with E-state index in [4.69, 9.17) is 5.84 Å². The zero-order valence-electron chi connectivity index (χ0n) is 11.7. The average molecular weight is 226 g/mol. The maximum atomic E-state index is 5.81. The average Bonchev–Trinajstić information content (AvgIpc) is 2.16. The van der Waals surface area contributed by atoms with Gasteiger partial charge in [0.25, 0.3) is 0 Å². The van der Waals surface area contributed by atoms with Crippen LogP contribution < -0.4 is 11.3 Å². The number of rotatable bonds is 4. The van der Waals surface area contributed by atoms with Gasteiger partial charge in [0.15, 0.2) is 0 Å². The SMILES string of the molecule is CCC(C)(C)C(NN)C1CC(C)CC(C)C1. The zero-order valence-corrected chi connectivity index (χ0v) is 11.7. The highest BCUT2D eigenvalue weighted by Gasteiger charge is 2.37. The number of hydrogen-bond donors (Lipinski definition) is 2. The summed E-state index contributed by atoms with van der Waals surface area (Å²) in [4.78, 5) is 0. The highest BCUT2D eigenvalue weighted by atomic mass is 15.2. The van der Waals surface area contributed by atoms with Gasteiger partial charge in [-0.2, -0.15) is 0 Å². The van der Waals surface area contributed by atoms with Crippen molar-refractivity contribution in [2.24, 2.45) is 29.0 Å². The molecular formula is C14H30N2. The normalized spacial score (nSPS) is 33.8. The summed E-state index contributed by atoms with van der Waals surface area (Å²) >= 11 is 0. The van der Waals surface area contributed by atoms with Crippen molar-refractivity contribution >= 4 is 0 Å². The minimum atomic E-state index is 0.302. The van der Waals surface area contributed by atoms with E-state index >= 15 is 0 Å². The molecule has 0 heterocycles. The topological polar surface area (TPSA) is 38.0 Å². The summed E-state index contributed by atoms with van der Waals surface area (Å²) < 4.78 is 0. The van der Waals surface area contributed by atoms with Crippen LogP contribution in [-0.4, -0.2) is 6.04 Å². The molecule has 0 aromatic heterocycles. The van der Waals surface area contributed by atoms with E-state index < -0.39 is 0 Å². The first-order valence-corrected chi connectivity index (χ1v) is 6.86. The van der Waals surface area contributed by atoms with Crippen molar-refractivity contribution in [3.63, 3.8) is 0 Å². The molecule has 1 aliphatic carbocycles. The quantitative estimate of drug-likeness (QED) is 0.570. The minimum absolute atomic E-state index is 0.302. The van der Waals surface area contributed by atoms with Crippen molar-refractivity contribution in [1.82, 2.24) is 5.43 Å². The van der Waals surface area contributed by atoms with Crippen LogP contribution in [0, 0.1) is 23.2 Å². The predicted molar refractivity (Wildman–Crippen MR) is 70.9 cm³/mol. The third-order valence-electron chi connectivity index (χ3n) is 4.62. The van der Waals surface area contributed by atoms with Gasteiger partial charge in [-0.3, -0.25) is 11.3 Å². The van der Waals surface area contributed by atoms with Gasteiger partial charge in [0.05, 0.1) is 0 Å². The molecule has 1 fully saturated rings. The van der Waals surface area contributed by atoms with E-state index in [0.717, 1.165) is 17.8 Å². The second-order valence-corrected chi connectivity index (χ2v) is 6.66. The minimum Gasteiger partial charge on any atom is -0.271 e. The Morgan fingerprint density at radius 2 is 1.69 bits per heavy atom. The van der Waals surface area contributed by atoms with Gasteiger partial charge in [-0.15, -0.1) is 0 Å². The Balaban J connectivity index is 2.72. The molecule has 0 radical (unpaired) electrons. The molecule has 96 valence electrons. The third kappa shape index (κ3) is 3.21. The summed E-state index contributed by atoms with van der Waals surface area (Å²) in [5, 5.41) is 0. The highest BCUT2D eigenvalue weighted by molar-refractivity contribution is 4.90. The molecule has 0 saturated heterocycles. The van der Waals surface area contributed by atoms with E-state index in [1.54, 1.807) is 0 Å². The molecule has 16 heavy (non-hydrogen) atoms. The van der Waals surface area contributed by atoms with Crippen molar-refractivity contribution in [3.8, 4) is 0 Å². The van der Waals surface area contributed by atoms with E-state index in [-0.39, 0.29) is 0 Å². The Labute approximate surface area is 101 Å². The van der Waals surface area contributed by atoms with Crippen LogP contribution >= 0.6 is 0 Å². The smallest absolute Gasteiger partial charge is 0.0289 e. The highest BCUT2D eigenvalue weighted by Crippen LogP contribution is 2.40. The first kappa shape index (κ1) is 14.0. The molecule has 0 bridgehead atoms. The molecule has 3 atom stereocenters. The summed E-state index contributed by atoms with van der Waals surface area (Å²) in [5.41, 5.74) is 3.41. The van der Waals surface area contributed by atoms with Crippen LogP contribution in [0.15, 0.2) is 0 Å². The maximum Gasteiger partial charge on any atom is 0.0289 e. The summed E-state index contributed by atoms with van der Waals surface area (Å²) in [6.07, 6.45) is 5.24. The molecule has 3 unspecified atom stereocenters. The Bertz CT molecular complexity index is 203. The fourth-order valence-electron chi connectivity index (χ4n) is 3.50. The summed E-state index contributed by atoms with van der Waals surface area (Å²) in [5.74, 6) is 8.27. The lowest BCUT2D eigenvalue weighted by Crippen LogP contribution is -2.51. The number of hydrogen-bond acceptors (Lipinski definition) is 2. The Hall–Kier alpha value is -0.0800. The Morgan fingerprint density at radius 1 is 1.19 bits per heavy atom. The van der Waals surface area contributed by atoms with E-state index in [9.17, 15) is 0 Å². The standard InChI is InChI=1S/C14H30N2/c1-6-14(4,5)13(16-15)12-8-10(2)7-11(3)9-12/h10-13,16H,6-9,15H2,1-5H3. The van der Waals surface area contributed by atoms with Gasteiger partial charge in [0, 0.05) is 6.04 Å². The first-order valence-electron chi connectivity index (χ1n) is 6.86. The van der Waals surface area contributed by atoms with Crippen molar-refractivity contribution in [3.05, 3.63) is 0 Å². The molecule has 1 rings (SSSR count). The van der Waals surface area contributed by atoms with Crippen molar-refractivity contribution in [2.45, 2.75) is 66.3 Å². The second kappa shape index (κ2) is 5.50. The Morgan fingerprint density at radius 3 is 2.06 bits per heavy atom. The van der Waals surface area contributed by atoms with Gasteiger partial charge in [-0.05, 0) is 48.9 Å².